The SMILES string of the molecule is N#CC1=C(Nc2ccc(OCc3cccc(Cl)c3)nc2)C2CC(NC(=O)C=C3CCNCC3)=C(Oc3ccncc3)C=C2N=C1. The smallest absolute Gasteiger partial charge is 0.248 e. The number of hydrogen-bond donors (Lipinski definition) is 3. The average Bonchev–Trinajstić information content (AvgIpc) is 3.06. The van der Waals surface area contributed by atoms with Crippen molar-refractivity contribution in [3.8, 4) is 17.7 Å². The third kappa shape index (κ3) is 7.65. The second-order valence-corrected chi connectivity index (χ2v) is 11.1. The Morgan fingerprint density at radius 3 is 2.76 bits per heavy atom. The molecule has 1 saturated heterocycles. The van der Waals surface area contributed by atoms with Gasteiger partial charge in [-0.2, -0.15) is 5.26 Å². The largest absolute Gasteiger partial charge is 0.473 e. The maximum Gasteiger partial charge on any atom is 0.248 e. The van der Waals surface area contributed by atoms with E-state index < -0.39 is 0 Å². The number of anilines is 1. The van der Waals surface area contributed by atoms with Gasteiger partial charge in [0.05, 0.1) is 28.9 Å². The van der Waals surface area contributed by atoms with Crippen LogP contribution in [0.5, 0.6) is 11.6 Å². The highest BCUT2D eigenvalue weighted by Gasteiger charge is 2.32. The molecule has 45 heavy (non-hydrogen) atoms. The molecule has 11 heteroatoms. The molecule has 226 valence electrons. The molecule has 2 aromatic heterocycles. The number of piperidine rings is 1. The van der Waals surface area contributed by atoms with Gasteiger partial charge in [-0.05, 0) is 61.8 Å². The van der Waals surface area contributed by atoms with Gasteiger partial charge in [-0.1, -0.05) is 29.3 Å². The van der Waals surface area contributed by atoms with Crippen LogP contribution >= 0.6 is 11.6 Å². The predicted octanol–water partition coefficient (Wildman–Crippen LogP) is 5.60. The summed E-state index contributed by atoms with van der Waals surface area (Å²) in [5.41, 5.74) is 5.03. The molecule has 3 aromatic rings. The molecule has 0 radical (unpaired) electrons. The predicted molar refractivity (Wildman–Crippen MR) is 171 cm³/mol. The Bertz CT molecular complexity index is 1770. The molecule has 3 aliphatic rings. The van der Waals surface area contributed by atoms with Crippen molar-refractivity contribution < 1.29 is 14.3 Å². The summed E-state index contributed by atoms with van der Waals surface area (Å²) in [6.45, 7) is 2.03. The Labute approximate surface area is 265 Å². The number of rotatable bonds is 9. The lowest BCUT2D eigenvalue weighted by Crippen LogP contribution is -2.31. The molecular formula is C34H30ClN7O3. The van der Waals surface area contributed by atoms with Crippen molar-refractivity contribution in [2.75, 3.05) is 18.4 Å². The van der Waals surface area contributed by atoms with Crippen LogP contribution in [-0.2, 0) is 11.4 Å². The highest BCUT2D eigenvalue weighted by Crippen LogP contribution is 2.38. The van der Waals surface area contributed by atoms with E-state index in [2.05, 4.69) is 37.0 Å². The molecule has 3 N–H and O–H groups in total. The Morgan fingerprint density at radius 1 is 1.16 bits per heavy atom. The van der Waals surface area contributed by atoms with Crippen LogP contribution < -0.4 is 25.4 Å². The van der Waals surface area contributed by atoms with Crippen LogP contribution in [0.3, 0.4) is 0 Å². The molecule has 1 atom stereocenters. The quantitative estimate of drug-likeness (QED) is 0.264. The van der Waals surface area contributed by atoms with Gasteiger partial charge < -0.3 is 25.4 Å². The number of carbonyl (C=O) groups excluding carboxylic acids is 1. The van der Waals surface area contributed by atoms with Crippen LogP contribution in [0.1, 0.15) is 24.8 Å². The van der Waals surface area contributed by atoms with E-state index >= 15 is 0 Å². The number of allylic oxidation sites excluding steroid dienone is 3. The number of pyridine rings is 2. The molecule has 10 nitrogen and oxygen atoms in total. The average molecular weight is 620 g/mol. The standard InChI is InChI=1S/C34H30ClN7O3/c35-25-3-1-2-23(14-25)21-44-33-5-4-26(20-40-33)41-34-24(18-36)19-39-29-17-31(45-27-8-12-38-13-9-27)30(16-28(29)34)42-32(43)15-22-6-10-37-11-7-22/h1-5,8-9,12-15,17,19-20,28,37,41H,6-7,10-11,16,21H2,(H,42,43). The minimum atomic E-state index is -0.338. The number of benzene rings is 1. The number of fused-ring (bicyclic) bond motifs is 1. The zero-order valence-corrected chi connectivity index (χ0v) is 25.1. The van der Waals surface area contributed by atoms with E-state index in [0.717, 1.165) is 37.1 Å². The number of nitrogens with one attached hydrogen (secondary N) is 3. The molecule has 1 amide bonds. The number of nitrogens with zero attached hydrogens (tertiary/aromatic N) is 4. The first-order valence-corrected chi connectivity index (χ1v) is 14.9. The van der Waals surface area contributed by atoms with Gasteiger partial charge in [-0.3, -0.25) is 14.8 Å². The van der Waals surface area contributed by atoms with Crippen molar-refractivity contribution in [2.24, 2.45) is 10.9 Å². The van der Waals surface area contributed by atoms with Crippen LogP contribution in [0, 0.1) is 17.2 Å². The third-order valence-electron chi connectivity index (χ3n) is 7.47. The van der Waals surface area contributed by atoms with Gasteiger partial charge >= 0.3 is 0 Å². The monoisotopic (exact) mass is 619 g/mol. The van der Waals surface area contributed by atoms with E-state index in [1.165, 1.54) is 6.21 Å². The minimum Gasteiger partial charge on any atom is -0.473 e. The summed E-state index contributed by atoms with van der Waals surface area (Å²) in [4.78, 5) is 26.2. The Morgan fingerprint density at radius 2 is 2.00 bits per heavy atom. The first kappa shape index (κ1) is 29.8. The third-order valence-corrected chi connectivity index (χ3v) is 7.70. The molecule has 1 unspecified atom stereocenters. The van der Waals surface area contributed by atoms with Crippen molar-refractivity contribution in [1.82, 2.24) is 20.6 Å². The lowest BCUT2D eigenvalue weighted by Gasteiger charge is -2.31. The van der Waals surface area contributed by atoms with Crippen molar-refractivity contribution in [3.63, 3.8) is 0 Å². The molecule has 0 saturated carbocycles. The van der Waals surface area contributed by atoms with E-state index in [1.54, 1.807) is 48.9 Å². The van der Waals surface area contributed by atoms with Gasteiger partial charge in [-0.15, -0.1) is 0 Å². The van der Waals surface area contributed by atoms with Crippen LogP contribution in [0.25, 0.3) is 0 Å². The van der Waals surface area contributed by atoms with Crippen LogP contribution in [-0.4, -0.2) is 35.2 Å². The fourth-order valence-corrected chi connectivity index (χ4v) is 5.44. The van der Waals surface area contributed by atoms with Gasteiger partial charge in [-0.25, -0.2) is 4.98 Å². The van der Waals surface area contributed by atoms with Crippen molar-refractivity contribution >= 4 is 29.4 Å². The second-order valence-electron chi connectivity index (χ2n) is 10.6. The lowest BCUT2D eigenvalue weighted by molar-refractivity contribution is -0.116. The summed E-state index contributed by atoms with van der Waals surface area (Å²) in [5, 5.41) is 20.4. The fraction of sp³-hybridized carbons (Fsp3) is 0.206. The number of carbonyl (C=O) groups is 1. The maximum absolute atomic E-state index is 13.2. The van der Waals surface area contributed by atoms with E-state index in [9.17, 15) is 10.1 Å². The minimum absolute atomic E-state index is 0.217. The summed E-state index contributed by atoms with van der Waals surface area (Å²) < 4.78 is 12.0. The number of nitriles is 1. The molecule has 2 aliphatic heterocycles. The van der Waals surface area contributed by atoms with Gasteiger partial charge in [0.1, 0.15) is 24.2 Å². The number of dihydropyridines is 1. The van der Waals surface area contributed by atoms with Crippen molar-refractivity contribution in [1.29, 1.82) is 5.26 Å². The molecule has 0 spiro atoms. The van der Waals surface area contributed by atoms with E-state index in [0.29, 0.717) is 63.8 Å². The lowest BCUT2D eigenvalue weighted by atomic mass is 9.86. The first-order chi connectivity index (χ1) is 22.0. The highest BCUT2D eigenvalue weighted by molar-refractivity contribution is 6.30. The zero-order chi connectivity index (χ0) is 31.0. The van der Waals surface area contributed by atoms with Gasteiger partial charge in [0.15, 0.2) is 0 Å². The summed E-state index contributed by atoms with van der Waals surface area (Å²) in [7, 11) is 0. The molecule has 1 fully saturated rings. The number of halogens is 1. The molecule has 1 aliphatic carbocycles. The zero-order valence-electron chi connectivity index (χ0n) is 24.3. The number of amides is 1. The first-order valence-electron chi connectivity index (χ1n) is 14.6. The number of hydrogen-bond acceptors (Lipinski definition) is 9. The van der Waals surface area contributed by atoms with Crippen molar-refractivity contribution in [2.45, 2.75) is 25.9 Å². The summed E-state index contributed by atoms with van der Waals surface area (Å²) in [6, 6.07) is 16.8. The summed E-state index contributed by atoms with van der Waals surface area (Å²) in [5.74, 6) is 0.950. The Balaban J connectivity index is 1.22. The summed E-state index contributed by atoms with van der Waals surface area (Å²) >= 11 is 6.07. The topological polar surface area (TPSA) is 134 Å². The molecule has 1 aromatic carbocycles. The number of aliphatic imine (C=N–C) groups is 1. The Kier molecular flexibility index (Phi) is 9.30. The number of aromatic nitrogens is 2. The molecular weight excluding hydrogens is 590 g/mol. The maximum atomic E-state index is 13.2. The van der Waals surface area contributed by atoms with Gasteiger partial charge in [0.2, 0.25) is 11.8 Å². The van der Waals surface area contributed by atoms with Crippen LogP contribution in [0.15, 0.2) is 118 Å². The molecule has 6 rings (SSSR count). The van der Waals surface area contributed by atoms with E-state index in [4.69, 9.17) is 21.1 Å². The second kappa shape index (κ2) is 14.0. The van der Waals surface area contributed by atoms with E-state index in [1.807, 2.05) is 30.3 Å². The van der Waals surface area contributed by atoms with Crippen LogP contribution in [0.4, 0.5) is 5.69 Å². The fourth-order valence-electron chi connectivity index (χ4n) is 5.23. The van der Waals surface area contributed by atoms with Gasteiger partial charge in [0.25, 0.3) is 0 Å². The normalized spacial score (nSPS) is 17.6. The Hall–Kier alpha value is -5.24. The summed E-state index contributed by atoms with van der Waals surface area (Å²) in [6.07, 6.45) is 11.9. The molecule has 0 bridgehead atoms. The van der Waals surface area contributed by atoms with E-state index in [-0.39, 0.29) is 11.8 Å². The molecule has 4 heterocycles. The number of ether oxygens (including phenoxy) is 2. The highest BCUT2D eigenvalue weighted by atomic mass is 35.5. The van der Waals surface area contributed by atoms with Gasteiger partial charge in [0, 0.05) is 59.9 Å². The van der Waals surface area contributed by atoms with Crippen LogP contribution in [0.2, 0.25) is 5.02 Å². The van der Waals surface area contributed by atoms with Crippen molar-refractivity contribution in [3.05, 3.63) is 124 Å².